The predicted octanol–water partition coefficient (Wildman–Crippen LogP) is 3.54. The van der Waals surface area contributed by atoms with Crippen LogP contribution < -0.4 is 5.32 Å². The lowest BCUT2D eigenvalue weighted by Gasteiger charge is -2.39. The average Bonchev–Trinajstić information content (AvgIpc) is 2.20. The first kappa shape index (κ1) is 16.5. The second-order valence-electron chi connectivity index (χ2n) is 7.68. The first-order valence-corrected chi connectivity index (χ1v) is 7.66. The Labute approximate surface area is 118 Å². The van der Waals surface area contributed by atoms with Crippen LogP contribution in [0.25, 0.3) is 0 Å². The van der Waals surface area contributed by atoms with Gasteiger partial charge in [0.1, 0.15) is 0 Å². The number of carboxylic acids is 1. The van der Waals surface area contributed by atoms with Crippen LogP contribution in [0.3, 0.4) is 0 Å². The van der Waals surface area contributed by atoms with Crippen LogP contribution in [0.4, 0.5) is 0 Å². The Kier molecular flexibility index (Phi) is 5.84. The van der Waals surface area contributed by atoms with Crippen molar-refractivity contribution < 1.29 is 9.90 Å². The first-order valence-electron chi connectivity index (χ1n) is 7.66. The number of carbonyl (C=O) groups is 1. The maximum atomic E-state index is 11.3. The quantitative estimate of drug-likeness (QED) is 0.775. The fourth-order valence-electron chi connectivity index (χ4n) is 3.65. The average molecular weight is 269 g/mol. The van der Waals surface area contributed by atoms with Crippen molar-refractivity contribution in [1.29, 1.82) is 0 Å². The molecular weight excluding hydrogens is 238 g/mol. The molecule has 1 fully saturated rings. The van der Waals surface area contributed by atoms with E-state index < -0.39 is 5.97 Å². The Morgan fingerprint density at radius 1 is 1.37 bits per heavy atom. The first-order chi connectivity index (χ1) is 8.69. The lowest BCUT2D eigenvalue weighted by Crippen LogP contribution is -2.43. The molecular formula is C16H31NO2. The van der Waals surface area contributed by atoms with Gasteiger partial charge >= 0.3 is 5.97 Å². The highest BCUT2D eigenvalue weighted by atomic mass is 16.4. The van der Waals surface area contributed by atoms with Gasteiger partial charge in [-0.1, -0.05) is 34.6 Å². The summed E-state index contributed by atoms with van der Waals surface area (Å²) in [4.78, 5) is 11.3. The van der Waals surface area contributed by atoms with Crippen LogP contribution in [0.5, 0.6) is 0 Å². The van der Waals surface area contributed by atoms with E-state index in [2.05, 4.69) is 39.9 Å². The van der Waals surface area contributed by atoms with Gasteiger partial charge in [-0.15, -0.1) is 0 Å². The third kappa shape index (κ3) is 5.94. The second-order valence-corrected chi connectivity index (χ2v) is 7.68. The molecule has 0 radical (unpaired) electrons. The van der Waals surface area contributed by atoms with Crippen LogP contribution in [0, 0.1) is 23.2 Å². The minimum atomic E-state index is -0.663. The minimum absolute atomic E-state index is 0.250. The Morgan fingerprint density at radius 2 is 2.00 bits per heavy atom. The largest absolute Gasteiger partial charge is 0.481 e. The van der Waals surface area contributed by atoms with Crippen molar-refractivity contribution in [1.82, 2.24) is 5.32 Å². The summed E-state index contributed by atoms with van der Waals surface area (Å²) in [5.41, 5.74) is 0.381. The van der Waals surface area contributed by atoms with Crippen molar-refractivity contribution in [2.24, 2.45) is 23.2 Å². The number of rotatable bonds is 6. The summed E-state index contributed by atoms with van der Waals surface area (Å²) in [5, 5.41) is 12.8. The molecule has 0 spiro atoms. The summed E-state index contributed by atoms with van der Waals surface area (Å²) < 4.78 is 0. The van der Waals surface area contributed by atoms with Crippen molar-refractivity contribution in [2.45, 2.75) is 66.3 Å². The summed E-state index contributed by atoms with van der Waals surface area (Å²) in [6.45, 7) is 11.7. The third-order valence-corrected chi connectivity index (χ3v) is 4.15. The van der Waals surface area contributed by atoms with Gasteiger partial charge in [0.25, 0.3) is 0 Å². The zero-order valence-corrected chi connectivity index (χ0v) is 13.2. The third-order valence-electron chi connectivity index (χ3n) is 4.15. The van der Waals surface area contributed by atoms with Gasteiger partial charge in [0, 0.05) is 12.6 Å². The van der Waals surface area contributed by atoms with Crippen molar-refractivity contribution in [3.05, 3.63) is 0 Å². The molecule has 0 aromatic carbocycles. The lowest BCUT2D eigenvalue weighted by molar-refractivity contribution is -0.142. The number of aliphatic carboxylic acids is 1. The van der Waals surface area contributed by atoms with E-state index in [1.54, 1.807) is 0 Å². The van der Waals surface area contributed by atoms with Crippen LogP contribution in [-0.2, 0) is 4.79 Å². The van der Waals surface area contributed by atoms with E-state index in [0.717, 1.165) is 18.8 Å². The maximum Gasteiger partial charge on any atom is 0.307 e. The molecule has 0 aromatic heterocycles. The zero-order chi connectivity index (χ0) is 14.6. The molecule has 0 aliphatic heterocycles. The number of hydrogen-bond donors (Lipinski definition) is 2. The highest BCUT2D eigenvalue weighted by Crippen LogP contribution is 2.38. The van der Waals surface area contributed by atoms with Crippen molar-refractivity contribution >= 4 is 5.97 Å². The monoisotopic (exact) mass is 269 g/mol. The second kappa shape index (κ2) is 6.74. The van der Waals surface area contributed by atoms with Gasteiger partial charge in [0.05, 0.1) is 5.92 Å². The molecule has 1 aliphatic carbocycles. The van der Waals surface area contributed by atoms with Gasteiger partial charge in [0.15, 0.2) is 0 Å². The molecule has 0 saturated heterocycles. The molecule has 0 aromatic rings. The normalized spacial score (nSPS) is 28.3. The van der Waals surface area contributed by atoms with E-state index in [-0.39, 0.29) is 5.92 Å². The SMILES string of the molecule is CC(C)CC(CNC1CC(C)CC(C)(C)C1)C(=O)O. The van der Waals surface area contributed by atoms with E-state index in [1.807, 2.05) is 0 Å². The molecule has 3 nitrogen and oxygen atoms in total. The number of carboxylic acid groups (broad SMARTS) is 1. The van der Waals surface area contributed by atoms with Crippen molar-refractivity contribution in [3.63, 3.8) is 0 Å². The molecule has 0 heterocycles. The molecule has 112 valence electrons. The molecule has 19 heavy (non-hydrogen) atoms. The van der Waals surface area contributed by atoms with Crippen LogP contribution in [0.15, 0.2) is 0 Å². The van der Waals surface area contributed by atoms with Gasteiger partial charge in [-0.2, -0.15) is 0 Å². The van der Waals surface area contributed by atoms with E-state index in [4.69, 9.17) is 0 Å². The summed E-state index contributed by atoms with van der Waals surface area (Å²) in [6.07, 6.45) is 4.37. The topological polar surface area (TPSA) is 49.3 Å². The predicted molar refractivity (Wildman–Crippen MR) is 79.2 cm³/mol. The van der Waals surface area contributed by atoms with Crippen LogP contribution in [0.2, 0.25) is 0 Å². The van der Waals surface area contributed by atoms with Gasteiger partial charge < -0.3 is 10.4 Å². The van der Waals surface area contributed by atoms with E-state index >= 15 is 0 Å². The Balaban J connectivity index is 2.47. The highest BCUT2D eigenvalue weighted by Gasteiger charge is 2.32. The van der Waals surface area contributed by atoms with E-state index in [1.165, 1.54) is 12.8 Å². The number of hydrogen-bond acceptors (Lipinski definition) is 2. The summed E-state index contributed by atoms with van der Waals surface area (Å²) in [7, 11) is 0. The van der Waals surface area contributed by atoms with Gasteiger partial charge in [0.2, 0.25) is 0 Å². The highest BCUT2D eigenvalue weighted by molar-refractivity contribution is 5.70. The van der Waals surface area contributed by atoms with Crippen LogP contribution in [-0.4, -0.2) is 23.7 Å². The zero-order valence-electron chi connectivity index (χ0n) is 13.2. The molecule has 0 bridgehead atoms. The molecule has 0 amide bonds. The Hall–Kier alpha value is -0.570. The fraction of sp³-hybridized carbons (Fsp3) is 0.938. The van der Waals surface area contributed by atoms with E-state index in [0.29, 0.717) is 23.9 Å². The van der Waals surface area contributed by atoms with Crippen LogP contribution >= 0.6 is 0 Å². The summed E-state index contributed by atoms with van der Waals surface area (Å²) in [6, 6.07) is 0.479. The Bertz CT molecular complexity index is 299. The Morgan fingerprint density at radius 3 is 2.47 bits per heavy atom. The summed E-state index contributed by atoms with van der Waals surface area (Å²) in [5.74, 6) is 0.254. The van der Waals surface area contributed by atoms with Crippen molar-refractivity contribution in [2.75, 3.05) is 6.54 Å². The lowest BCUT2D eigenvalue weighted by atomic mass is 9.70. The molecule has 1 rings (SSSR count). The molecule has 3 unspecified atom stereocenters. The number of nitrogens with one attached hydrogen (secondary N) is 1. The maximum absolute atomic E-state index is 11.3. The summed E-state index contributed by atoms with van der Waals surface area (Å²) >= 11 is 0. The minimum Gasteiger partial charge on any atom is -0.481 e. The standard InChI is InChI=1S/C16H31NO2/c1-11(2)6-13(15(18)19)10-17-14-7-12(3)8-16(4,5)9-14/h11-14,17H,6-10H2,1-5H3,(H,18,19). The molecule has 1 saturated carbocycles. The fourth-order valence-corrected chi connectivity index (χ4v) is 3.65. The van der Waals surface area contributed by atoms with Crippen LogP contribution in [0.1, 0.15) is 60.3 Å². The van der Waals surface area contributed by atoms with Gasteiger partial charge in [-0.05, 0) is 42.9 Å². The molecule has 2 N–H and O–H groups in total. The van der Waals surface area contributed by atoms with Gasteiger partial charge in [-0.25, -0.2) is 0 Å². The molecule has 3 atom stereocenters. The smallest absolute Gasteiger partial charge is 0.307 e. The molecule has 3 heteroatoms. The van der Waals surface area contributed by atoms with Gasteiger partial charge in [-0.3, -0.25) is 4.79 Å². The van der Waals surface area contributed by atoms with Crippen molar-refractivity contribution in [3.8, 4) is 0 Å². The van der Waals surface area contributed by atoms with E-state index in [9.17, 15) is 9.90 Å². The molecule has 1 aliphatic rings.